The number of imide groups is 1. The maximum absolute atomic E-state index is 14.6. The summed E-state index contributed by atoms with van der Waals surface area (Å²) < 4.78 is 5.72. The van der Waals surface area contributed by atoms with Crippen LogP contribution in [0.5, 0.6) is 0 Å². The van der Waals surface area contributed by atoms with Crippen LogP contribution in [-0.4, -0.2) is 51.8 Å². The lowest BCUT2D eigenvalue weighted by Gasteiger charge is -2.70. The molecule has 4 N–H and O–H groups in total. The Morgan fingerprint density at radius 3 is 2.10 bits per heavy atom. The van der Waals surface area contributed by atoms with Crippen LogP contribution < -0.4 is 11.5 Å². The van der Waals surface area contributed by atoms with Crippen molar-refractivity contribution in [1.29, 1.82) is 0 Å². The number of amides is 2. The zero-order valence-electron chi connectivity index (χ0n) is 29.0. The fraction of sp³-hybridized carbons (Fsp3) is 0.658. The number of carbonyl (C=O) groups excluding carboxylic acids is 5. The van der Waals surface area contributed by atoms with Crippen molar-refractivity contribution < 1.29 is 33.5 Å². The molecule has 1 aliphatic heterocycles. The predicted molar refractivity (Wildman–Crippen MR) is 176 cm³/mol. The fourth-order valence-electron chi connectivity index (χ4n) is 11.7. The van der Waals surface area contributed by atoms with E-state index in [-0.39, 0.29) is 68.7 Å². The van der Waals surface area contributed by atoms with Crippen molar-refractivity contribution >= 4 is 29.5 Å². The number of carbonyl (C=O) groups is 5. The summed E-state index contributed by atoms with van der Waals surface area (Å²) in [7, 11) is 0. The molecule has 10 heteroatoms. The molecular weight excluding hydrogens is 610 g/mol. The number of hydrogen-bond acceptors (Lipinski definition) is 9. The van der Waals surface area contributed by atoms with Gasteiger partial charge in [-0.3, -0.25) is 19.2 Å². The molecule has 0 unspecified atom stereocenters. The SMILES string of the molecule is CC(=O)O[C@H]1CC[C@]2(C)[C@H]3C(=O)C=C4[C@@H]5C[C@@](N)(C(=O)ON6C(=O)c7ccccc7C6=O)CC[C@]5(C)CC[C@@]4(C)[C@]3(C)CC[C@H]2[C@]1(C)N. The molecule has 0 aromatic heterocycles. The van der Waals surface area contributed by atoms with Crippen molar-refractivity contribution in [3.8, 4) is 0 Å². The van der Waals surface area contributed by atoms with Crippen LogP contribution in [0.3, 0.4) is 0 Å². The Hall–Kier alpha value is -3.37. The molecule has 1 heterocycles. The highest BCUT2D eigenvalue weighted by Gasteiger charge is 2.71. The van der Waals surface area contributed by atoms with E-state index in [0.29, 0.717) is 24.3 Å². The van der Waals surface area contributed by atoms with E-state index < -0.39 is 35.0 Å². The molecule has 48 heavy (non-hydrogen) atoms. The molecule has 2 amide bonds. The molecule has 1 aromatic carbocycles. The van der Waals surface area contributed by atoms with Crippen molar-refractivity contribution in [2.45, 2.75) is 117 Å². The molecular formula is C38H49N3O7. The highest BCUT2D eigenvalue weighted by molar-refractivity contribution is 6.21. The van der Waals surface area contributed by atoms with E-state index in [4.69, 9.17) is 21.0 Å². The number of benzene rings is 1. The number of nitrogens with two attached hydrogens (primary N) is 2. The maximum Gasteiger partial charge on any atom is 0.352 e. The number of allylic oxidation sites excluding steroid dienone is 2. The molecule has 0 bridgehead atoms. The molecule has 0 spiro atoms. The summed E-state index contributed by atoms with van der Waals surface area (Å²) in [6.45, 7) is 12.5. The molecule has 10 nitrogen and oxygen atoms in total. The number of hydroxylamine groups is 2. The molecule has 10 atom stereocenters. The van der Waals surface area contributed by atoms with Crippen molar-refractivity contribution in [1.82, 2.24) is 5.06 Å². The summed E-state index contributed by atoms with van der Waals surface area (Å²) in [5.74, 6) is -2.82. The third kappa shape index (κ3) is 4.26. The molecule has 1 aromatic rings. The van der Waals surface area contributed by atoms with E-state index in [9.17, 15) is 24.0 Å². The van der Waals surface area contributed by atoms with Gasteiger partial charge < -0.3 is 21.0 Å². The number of ketones is 1. The highest BCUT2D eigenvalue weighted by Crippen LogP contribution is 2.74. The smallest absolute Gasteiger partial charge is 0.352 e. The van der Waals surface area contributed by atoms with Crippen molar-refractivity contribution in [2.75, 3.05) is 0 Å². The molecule has 7 rings (SSSR count). The fourth-order valence-corrected chi connectivity index (χ4v) is 11.7. The standard InChI is InChI=1S/C38H49N3O7/c1-21(42)47-28-12-13-34(3)27(37(28,6)39)11-14-36(5)29(34)26(43)19-24-25-20-38(40,18-16-33(25,2)15-17-35(24,36)4)32(46)48-41-30(44)22-9-7-8-10-23(22)31(41)45/h7-10,19,25,27-29H,11-18,20,39-40H2,1-6H3/t25-,27+,28-,29+,33-,34-,35+,36+,37-,38+/m0/s1. The van der Waals surface area contributed by atoms with Crippen LogP contribution in [0, 0.1) is 39.4 Å². The Kier molecular flexibility index (Phi) is 7.13. The van der Waals surface area contributed by atoms with Crippen LogP contribution in [-0.2, 0) is 24.0 Å². The van der Waals surface area contributed by atoms with Gasteiger partial charge in [0.1, 0.15) is 11.6 Å². The lowest BCUT2D eigenvalue weighted by Crippen LogP contribution is -2.71. The van der Waals surface area contributed by atoms with Gasteiger partial charge in [0.05, 0.1) is 16.7 Å². The van der Waals surface area contributed by atoms with E-state index in [1.807, 2.05) is 13.0 Å². The van der Waals surface area contributed by atoms with Crippen LogP contribution >= 0.6 is 0 Å². The second-order valence-electron chi connectivity index (χ2n) is 17.2. The Balaban J connectivity index is 1.20. The van der Waals surface area contributed by atoms with Crippen molar-refractivity contribution in [3.05, 3.63) is 47.0 Å². The van der Waals surface area contributed by atoms with Gasteiger partial charge in [0.25, 0.3) is 11.8 Å². The summed E-state index contributed by atoms with van der Waals surface area (Å²) in [5, 5.41) is 0.538. The number of hydrogen-bond donors (Lipinski definition) is 2. The molecule has 4 fully saturated rings. The van der Waals surface area contributed by atoms with Crippen LogP contribution in [0.15, 0.2) is 35.9 Å². The molecule has 4 saturated carbocycles. The Bertz CT molecular complexity index is 1650. The Morgan fingerprint density at radius 2 is 1.48 bits per heavy atom. The third-order valence-corrected chi connectivity index (χ3v) is 14.7. The first kappa shape index (κ1) is 33.1. The van der Waals surface area contributed by atoms with Gasteiger partial charge in [-0.25, -0.2) is 4.79 Å². The zero-order valence-corrected chi connectivity index (χ0v) is 29.0. The molecule has 5 aliphatic carbocycles. The van der Waals surface area contributed by atoms with E-state index in [2.05, 4.69) is 27.7 Å². The monoisotopic (exact) mass is 659 g/mol. The molecule has 6 aliphatic rings. The first-order valence-electron chi connectivity index (χ1n) is 17.5. The van der Waals surface area contributed by atoms with Gasteiger partial charge in [0.2, 0.25) is 0 Å². The minimum atomic E-state index is -1.44. The zero-order chi connectivity index (χ0) is 34.8. The summed E-state index contributed by atoms with van der Waals surface area (Å²) in [4.78, 5) is 71.9. The van der Waals surface area contributed by atoms with E-state index >= 15 is 0 Å². The summed E-state index contributed by atoms with van der Waals surface area (Å²) in [6.07, 6.45) is 7.55. The second-order valence-corrected chi connectivity index (χ2v) is 17.2. The van der Waals surface area contributed by atoms with E-state index in [1.165, 1.54) is 19.1 Å². The van der Waals surface area contributed by atoms with Crippen LogP contribution in [0.2, 0.25) is 0 Å². The largest absolute Gasteiger partial charge is 0.461 e. The normalized spacial score (nSPS) is 44.8. The summed E-state index contributed by atoms with van der Waals surface area (Å²) >= 11 is 0. The number of rotatable bonds is 3. The Labute approximate surface area is 282 Å². The molecule has 0 radical (unpaired) electrons. The van der Waals surface area contributed by atoms with Gasteiger partial charge in [-0.15, -0.1) is 0 Å². The summed E-state index contributed by atoms with van der Waals surface area (Å²) in [5.41, 5.74) is 11.9. The Morgan fingerprint density at radius 1 is 0.854 bits per heavy atom. The first-order chi connectivity index (χ1) is 22.3. The molecule has 0 saturated heterocycles. The number of ether oxygens (including phenoxy) is 1. The van der Waals surface area contributed by atoms with Crippen molar-refractivity contribution in [3.63, 3.8) is 0 Å². The van der Waals surface area contributed by atoms with Gasteiger partial charge >= 0.3 is 11.9 Å². The van der Waals surface area contributed by atoms with Crippen LogP contribution in [0.4, 0.5) is 0 Å². The number of fused-ring (bicyclic) bond motifs is 8. The highest BCUT2D eigenvalue weighted by atomic mass is 16.7. The average molecular weight is 660 g/mol. The minimum absolute atomic E-state index is 0.000759. The topological polar surface area (TPSA) is 159 Å². The van der Waals surface area contributed by atoms with Gasteiger partial charge in [0.15, 0.2) is 5.78 Å². The van der Waals surface area contributed by atoms with Gasteiger partial charge in [-0.1, -0.05) is 50.5 Å². The number of nitrogens with zero attached hydrogens (tertiary/aromatic N) is 1. The van der Waals surface area contributed by atoms with E-state index in [0.717, 1.165) is 37.7 Å². The van der Waals surface area contributed by atoms with E-state index in [1.54, 1.807) is 12.1 Å². The maximum atomic E-state index is 14.6. The van der Waals surface area contributed by atoms with Gasteiger partial charge in [-0.2, -0.15) is 0 Å². The van der Waals surface area contributed by atoms with Crippen LogP contribution in [0.1, 0.15) is 120 Å². The third-order valence-electron chi connectivity index (χ3n) is 14.7. The minimum Gasteiger partial charge on any atom is -0.461 e. The summed E-state index contributed by atoms with van der Waals surface area (Å²) in [6, 6.07) is 6.37. The predicted octanol–water partition coefficient (Wildman–Crippen LogP) is 5.04. The van der Waals surface area contributed by atoms with Gasteiger partial charge in [0, 0.05) is 12.8 Å². The van der Waals surface area contributed by atoms with Crippen LogP contribution in [0.25, 0.3) is 0 Å². The van der Waals surface area contributed by atoms with Gasteiger partial charge in [-0.05, 0) is 116 Å². The second kappa shape index (κ2) is 10.3. The quantitative estimate of drug-likeness (QED) is 0.335. The lowest BCUT2D eigenvalue weighted by molar-refractivity contribution is -0.196. The first-order valence-corrected chi connectivity index (χ1v) is 17.5. The molecule has 258 valence electrons. The number of esters is 1. The lowest BCUT2D eigenvalue weighted by atomic mass is 9.34. The van der Waals surface area contributed by atoms with Crippen molar-refractivity contribution in [2.24, 2.45) is 50.9 Å². The average Bonchev–Trinajstić information content (AvgIpc) is 3.25.